The summed E-state index contributed by atoms with van der Waals surface area (Å²) in [7, 11) is 0. The van der Waals surface area contributed by atoms with Crippen LogP contribution in [0.15, 0.2) is 41.4 Å². The number of rotatable bonds is 3. The Kier molecular flexibility index (Phi) is 4.39. The van der Waals surface area contributed by atoms with Gasteiger partial charge in [0.1, 0.15) is 5.75 Å². The molecule has 2 aromatic carbocycles. The number of halogens is 1. The van der Waals surface area contributed by atoms with Crippen molar-refractivity contribution in [2.75, 3.05) is 0 Å². The first kappa shape index (κ1) is 14.5. The van der Waals surface area contributed by atoms with Crippen molar-refractivity contribution in [1.82, 2.24) is 0 Å². The summed E-state index contributed by atoms with van der Waals surface area (Å²) in [6, 6.07) is 10.1. The summed E-state index contributed by atoms with van der Waals surface area (Å²) < 4.78 is 0.738. The molecule has 0 saturated carbocycles. The number of aromatic hydroxyl groups is 1. The molecule has 5 heteroatoms. The molecule has 0 aliphatic carbocycles. The molecule has 102 valence electrons. The summed E-state index contributed by atoms with van der Waals surface area (Å²) in [6.45, 7) is 1.73. The normalized spacial score (nSPS) is 10.9. The van der Waals surface area contributed by atoms with Gasteiger partial charge in [-0.25, -0.2) is 4.79 Å². The lowest BCUT2D eigenvalue weighted by atomic mass is 10.1. The SMILES string of the molecule is Cc1c(N=Cc2ccc(O)c(I)c2)cccc1C(=O)O. The maximum atomic E-state index is 11.0. The molecule has 0 spiro atoms. The number of carbonyl (C=O) groups is 1. The lowest BCUT2D eigenvalue weighted by Gasteiger charge is -2.04. The van der Waals surface area contributed by atoms with Crippen molar-refractivity contribution in [3.05, 3.63) is 56.7 Å². The monoisotopic (exact) mass is 381 g/mol. The second kappa shape index (κ2) is 6.04. The average Bonchev–Trinajstić information content (AvgIpc) is 2.41. The highest BCUT2D eigenvalue weighted by Crippen LogP contribution is 2.23. The Morgan fingerprint density at radius 3 is 2.70 bits per heavy atom. The van der Waals surface area contributed by atoms with E-state index in [0.717, 1.165) is 9.13 Å². The lowest BCUT2D eigenvalue weighted by Crippen LogP contribution is -1.99. The maximum Gasteiger partial charge on any atom is 0.336 e. The van der Waals surface area contributed by atoms with Gasteiger partial charge in [0.15, 0.2) is 0 Å². The Morgan fingerprint density at radius 1 is 1.30 bits per heavy atom. The first-order chi connectivity index (χ1) is 9.49. The van der Waals surface area contributed by atoms with Crippen LogP contribution in [0.1, 0.15) is 21.5 Å². The molecule has 0 aliphatic heterocycles. The minimum absolute atomic E-state index is 0.229. The third-order valence-electron chi connectivity index (χ3n) is 2.86. The number of phenolic OH excluding ortho intramolecular Hbond substituents is 1. The van der Waals surface area contributed by atoms with Gasteiger partial charge in [0, 0.05) is 6.21 Å². The molecular formula is C15H12INO3. The molecule has 0 fully saturated rings. The minimum Gasteiger partial charge on any atom is -0.507 e. The van der Waals surface area contributed by atoms with Crippen molar-refractivity contribution < 1.29 is 15.0 Å². The van der Waals surface area contributed by atoms with Crippen molar-refractivity contribution >= 4 is 40.5 Å². The van der Waals surface area contributed by atoms with Crippen LogP contribution < -0.4 is 0 Å². The molecule has 2 aromatic rings. The Balaban J connectivity index is 2.34. The number of phenols is 1. The van der Waals surface area contributed by atoms with Crippen molar-refractivity contribution in [1.29, 1.82) is 0 Å². The van der Waals surface area contributed by atoms with E-state index >= 15 is 0 Å². The van der Waals surface area contributed by atoms with E-state index in [1.54, 1.807) is 49.5 Å². The zero-order valence-corrected chi connectivity index (χ0v) is 12.8. The molecule has 0 unspecified atom stereocenters. The molecule has 0 aliphatic rings. The fraction of sp³-hybridized carbons (Fsp3) is 0.0667. The molecule has 0 aromatic heterocycles. The van der Waals surface area contributed by atoms with Crippen LogP contribution >= 0.6 is 22.6 Å². The third kappa shape index (κ3) is 3.16. The van der Waals surface area contributed by atoms with Gasteiger partial charge in [-0.15, -0.1) is 0 Å². The number of benzene rings is 2. The number of carboxylic acid groups (broad SMARTS) is 1. The molecule has 0 saturated heterocycles. The lowest BCUT2D eigenvalue weighted by molar-refractivity contribution is 0.0696. The van der Waals surface area contributed by atoms with E-state index in [1.165, 1.54) is 0 Å². The number of hydrogen-bond acceptors (Lipinski definition) is 3. The summed E-state index contributed by atoms with van der Waals surface area (Å²) in [5, 5.41) is 18.5. The number of aromatic carboxylic acids is 1. The van der Waals surface area contributed by atoms with Crippen molar-refractivity contribution in [2.24, 2.45) is 4.99 Å². The molecule has 0 amide bonds. The van der Waals surface area contributed by atoms with E-state index in [9.17, 15) is 9.90 Å². The van der Waals surface area contributed by atoms with Crippen LogP contribution in [0.25, 0.3) is 0 Å². The predicted molar refractivity (Wildman–Crippen MR) is 86.2 cm³/mol. The van der Waals surface area contributed by atoms with E-state index in [0.29, 0.717) is 11.3 Å². The summed E-state index contributed by atoms with van der Waals surface area (Å²) in [5.74, 6) is -0.731. The molecule has 2 rings (SSSR count). The molecule has 4 nitrogen and oxygen atoms in total. The Labute approximate surface area is 129 Å². The molecule has 0 atom stereocenters. The van der Waals surface area contributed by atoms with E-state index < -0.39 is 5.97 Å². The van der Waals surface area contributed by atoms with Gasteiger partial charge in [0.25, 0.3) is 0 Å². The van der Waals surface area contributed by atoms with Gasteiger partial charge in [-0.05, 0) is 71.0 Å². The van der Waals surface area contributed by atoms with Crippen LogP contribution in [-0.2, 0) is 0 Å². The Hall–Kier alpha value is -1.89. The topological polar surface area (TPSA) is 69.9 Å². The van der Waals surface area contributed by atoms with Crippen LogP contribution in [0, 0.1) is 10.5 Å². The first-order valence-corrected chi connectivity index (χ1v) is 6.92. The maximum absolute atomic E-state index is 11.0. The molecule has 20 heavy (non-hydrogen) atoms. The van der Waals surface area contributed by atoms with E-state index in [-0.39, 0.29) is 11.3 Å². The highest BCUT2D eigenvalue weighted by molar-refractivity contribution is 14.1. The van der Waals surface area contributed by atoms with Gasteiger partial charge in [-0.1, -0.05) is 6.07 Å². The number of carboxylic acids is 1. The number of nitrogens with zero attached hydrogens (tertiary/aromatic N) is 1. The van der Waals surface area contributed by atoms with Crippen molar-refractivity contribution in [3.63, 3.8) is 0 Å². The molecule has 2 N–H and O–H groups in total. The molecular weight excluding hydrogens is 369 g/mol. The first-order valence-electron chi connectivity index (χ1n) is 5.84. The van der Waals surface area contributed by atoms with Crippen LogP contribution in [0.4, 0.5) is 5.69 Å². The standard InChI is InChI=1S/C15H12INO3/c1-9-11(15(19)20)3-2-4-13(9)17-8-10-5-6-14(18)12(16)7-10/h2-8,18H,1H3,(H,19,20). The van der Waals surface area contributed by atoms with E-state index in [4.69, 9.17) is 5.11 Å². The molecule has 0 radical (unpaired) electrons. The van der Waals surface area contributed by atoms with Gasteiger partial charge in [-0.2, -0.15) is 0 Å². The van der Waals surface area contributed by atoms with Gasteiger partial charge in [0.05, 0.1) is 14.8 Å². The fourth-order valence-corrected chi connectivity index (χ4v) is 2.28. The van der Waals surface area contributed by atoms with Gasteiger partial charge >= 0.3 is 5.97 Å². The average molecular weight is 381 g/mol. The predicted octanol–water partition coefficient (Wildman–Crippen LogP) is 3.75. The van der Waals surface area contributed by atoms with Crippen LogP contribution in [0.5, 0.6) is 5.75 Å². The van der Waals surface area contributed by atoms with Crippen LogP contribution in [0.2, 0.25) is 0 Å². The second-order valence-electron chi connectivity index (χ2n) is 4.22. The zero-order valence-electron chi connectivity index (χ0n) is 10.7. The van der Waals surface area contributed by atoms with Crippen LogP contribution in [-0.4, -0.2) is 22.4 Å². The van der Waals surface area contributed by atoms with Crippen molar-refractivity contribution in [3.8, 4) is 5.75 Å². The fourth-order valence-electron chi connectivity index (χ4n) is 1.74. The van der Waals surface area contributed by atoms with Gasteiger partial charge < -0.3 is 10.2 Å². The number of hydrogen-bond donors (Lipinski definition) is 2. The smallest absolute Gasteiger partial charge is 0.336 e. The highest BCUT2D eigenvalue weighted by atomic mass is 127. The van der Waals surface area contributed by atoms with E-state index in [1.807, 2.05) is 22.6 Å². The van der Waals surface area contributed by atoms with Gasteiger partial charge in [0.2, 0.25) is 0 Å². The largest absolute Gasteiger partial charge is 0.507 e. The number of aliphatic imine (C=N–C) groups is 1. The second-order valence-corrected chi connectivity index (χ2v) is 5.39. The zero-order chi connectivity index (χ0) is 14.7. The Bertz CT molecular complexity index is 696. The van der Waals surface area contributed by atoms with Crippen LogP contribution in [0.3, 0.4) is 0 Å². The quantitative estimate of drug-likeness (QED) is 0.629. The summed E-state index contributed by atoms with van der Waals surface area (Å²) in [5.41, 5.74) is 2.34. The molecule has 0 bridgehead atoms. The minimum atomic E-state index is -0.960. The van der Waals surface area contributed by atoms with E-state index in [2.05, 4.69) is 4.99 Å². The molecule has 0 heterocycles. The Morgan fingerprint density at radius 2 is 2.05 bits per heavy atom. The third-order valence-corrected chi connectivity index (χ3v) is 3.72. The summed E-state index contributed by atoms with van der Waals surface area (Å²) in [6.07, 6.45) is 1.65. The van der Waals surface area contributed by atoms with Gasteiger partial charge in [-0.3, -0.25) is 4.99 Å². The summed E-state index contributed by atoms with van der Waals surface area (Å²) in [4.78, 5) is 15.4. The van der Waals surface area contributed by atoms with Crippen molar-refractivity contribution in [2.45, 2.75) is 6.92 Å². The highest BCUT2D eigenvalue weighted by Gasteiger charge is 2.08. The summed E-state index contributed by atoms with van der Waals surface area (Å²) >= 11 is 2.04.